The first kappa shape index (κ1) is 15.1. The van der Waals surface area contributed by atoms with E-state index in [1.165, 1.54) is 11.3 Å². The van der Waals surface area contributed by atoms with Crippen molar-refractivity contribution in [2.24, 2.45) is 5.73 Å². The lowest BCUT2D eigenvalue weighted by Gasteiger charge is -2.16. The molecule has 1 rings (SSSR count). The van der Waals surface area contributed by atoms with Crippen molar-refractivity contribution in [3.63, 3.8) is 0 Å². The Morgan fingerprint density at radius 1 is 1.37 bits per heavy atom. The second kappa shape index (κ2) is 6.86. The number of carboxylic acids is 2. The maximum absolute atomic E-state index is 11.8. The van der Waals surface area contributed by atoms with Gasteiger partial charge in [0, 0.05) is 11.3 Å². The molecule has 1 aromatic rings. The van der Waals surface area contributed by atoms with Gasteiger partial charge in [-0.05, 0) is 17.9 Å². The van der Waals surface area contributed by atoms with Crippen LogP contribution in [0.15, 0.2) is 17.5 Å². The quantitative estimate of drug-likeness (QED) is 0.566. The largest absolute Gasteiger partial charge is 0.481 e. The maximum atomic E-state index is 11.8. The minimum absolute atomic E-state index is 0.187. The van der Waals surface area contributed by atoms with Crippen molar-refractivity contribution in [2.45, 2.75) is 24.9 Å². The fraction of sp³-hybridized carbons (Fsp3) is 0.364. The Kier molecular flexibility index (Phi) is 5.46. The number of rotatable bonds is 7. The van der Waals surface area contributed by atoms with E-state index >= 15 is 0 Å². The molecule has 0 fully saturated rings. The van der Waals surface area contributed by atoms with Gasteiger partial charge in [-0.25, -0.2) is 4.79 Å². The lowest BCUT2D eigenvalue weighted by atomic mass is 10.1. The highest BCUT2D eigenvalue weighted by Crippen LogP contribution is 2.17. The summed E-state index contributed by atoms with van der Waals surface area (Å²) in [7, 11) is 0. The molecule has 0 bridgehead atoms. The van der Waals surface area contributed by atoms with Crippen molar-refractivity contribution < 1.29 is 24.6 Å². The Morgan fingerprint density at radius 2 is 2.05 bits per heavy atom. The number of thiophene rings is 1. The second-order valence-corrected chi connectivity index (χ2v) is 4.80. The molecule has 1 aromatic heterocycles. The number of hydrogen-bond acceptors (Lipinski definition) is 5. The number of aliphatic carboxylic acids is 2. The van der Waals surface area contributed by atoms with Crippen LogP contribution < -0.4 is 11.1 Å². The van der Waals surface area contributed by atoms with E-state index in [1.807, 2.05) is 0 Å². The summed E-state index contributed by atoms with van der Waals surface area (Å²) in [6, 6.07) is 1.19. The zero-order valence-electron chi connectivity index (χ0n) is 9.91. The summed E-state index contributed by atoms with van der Waals surface area (Å²) in [6.45, 7) is 0. The molecule has 0 radical (unpaired) electrons. The number of carboxylic acid groups (broad SMARTS) is 2. The first-order chi connectivity index (χ1) is 8.91. The van der Waals surface area contributed by atoms with Crippen LogP contribution in [0.1, 0.15) is 23.8 Å². The topological polar surface area (TPSA) is 130 Å². The first-order valence-corrected chi connectivity index (χ1v) is 6.33. The molecular formula is C11H14N2O5S. The van der Waals surface area contributed by atoms with Crippen LogP contribution in [0.25, 0.3) is 0 Å². The van der Waals surface area contributed by atoms with Crippen molar-refractivity contribution in [3.8, 4) is 0 Å². The summed E-state index contributed by atoms with van der Waals surface area (Å²) in [4.78, 5) is 33.7. The van der Waals surface area contributed by atoms with E-state index in [0.717, 1.165) is 0 Å². The molecule has 0 aliphatic heterocycles. The van der Waals surface area contributed by atoms with Crippen molar-refractivity contribution in [2.75, 3.05) is 0 Å². The van der Waals surface area contributed by atoms with Crippen molar-refractivity contribution in [3.05, 3.63) is 22.4 Å². The summed E-state index contributed by atoms with van der Waals surface area (Å²) in [6.07, 6.45) is -0.529. The summed E-state index contributed by atoms with van der Waals surface area (Å²) >= 11 is 1.29. The predicted octanol–water partition coefficient (Wildman–Crippen LogP) is 0.182. The molecule has 19 heavy (non-hydrogen) atoms. The number of hydrogen-bond donors (Lipinski definition) is 4. The molecule has 5 N–H and O–H groups in total. The van der Waals surface area contributed by atoms with E-state index in [1.54, 1.807) is 17.5 Å². The Balaban J connectivity index is 2.61. The Labute approximate surface area is 113 Å². The van der Waals surface area contributed by atoms with Crippen molar-refractivity contribution in [1.29, 1.82) is 0 Å². The SMILES string of the molecule is NC(C(=O)NC(CCC(=O)O)C(=O)O)c1cccs1. The van der Waals surface area contributed by atoms with Gasteiger partial charge in [-0.3, -0.25) is 9.59 Å². The molecule has 0 aromatic carbocycles. The van der Waals surface area contributed by atoms with E-state index in [0.29, 0.717) is 4.88 Å². The molecule has 104 valence electrons. The standard InChI is InChI=1S/C11H14N2O5S/c12-9(7-2-1-5-19-7)10(16)13-6(11(17)18)3-4-8(14)15/h1-2,5-6,9H,3-4,12H2,(H,13,16)(H,14,15)(H,17,18). The van der Waals surface area contributed by atoms with Crippen LogP contribution in [0.5, 0.6) is 0 Å². The zero-order valence-corrected chi connectivity index (χ0v) is 10.7. The van der Waals surface area contributed by atoms with Gasteiger partial charge in [0.2, 0.25) is 5.91 Å². The second-order valence-electron chi connectivity index (χ2n) is 3.82. The van der Waals surface area contributed by atoms with E-state index < -0.39 is 29.9 Å². The third kappa shape index (κ3) is 4.68. The van der Waals surface area contributed by atoms with Gasteiger partial charge in [0.1, 0.15) is 12.1 Å². The molecule has 8 heteroatoms. The minimum atomic E-state index is -1.28. The zero-order chi connectivity index (χ0) is 14.4. The third-order valence-electron chi connectivity index (χ3n) is 2.39. The summed E-state index contributed by atoms with van der Waals surface area (Å²) in [5, 5.41) is 21.4. The molecule has 0 aliphatic rings. The van der Waals surface area contributed by atoms with E-state index in [-0.39, 0.29) is 12.8 Å². The number of amides is 1. The molecule has 0 spiro atoms. The van der Waals surface area contributed by atoms with Gasteiger partial charge in [-0.15, -0.1) is 11.3 Å². The van der Waals surface area contributed by atoms with Gasteiger partial charge < -0.3 is 21.3 Å². The maximum Gasteiger partial charge on any atom is 0.326 e. The first-order valence-electron chi connectivity index (χ1n) is 5.45. The molecule has 0 aliphatic carbocycles. The Hall–Kier alpha value is -1.93. The van der Waals surface area contributed by atoms with Gasteiger partial charge in [0.15, 0.2) is 0 Å². The molecule has 2 atom stereocenters. The predicted molar refractivity (Wildman–Crippen MR) is 67.7 cm³/mol. The highest BCUT2D eigenvalue weighted by atomic mass is 32.1. The van der Waals surface area contributed by atoms with Crippen LogP contribution in [0, 0.1) is 0 Å². The van der Waals surface area contributed by atoms with Crippen LogP contribution in [0.4, 0.5) is 0 Å². The summed E-state index contributed by atoms with van der Waals surface area (Å²) in [5.74, 6) is -3.05. The lowest BCUT2D eigenvalue weighted by molar-refractivity contribution is -0.143. The van der Waals surface area contributed by atoms with Crippen LogP contribution in [0.3, 0.4) is 0 Å². The summed E-state index contributed by atoms with van der Waals surface area (Å²) in [5.41, 5.74) is 5.68. The number of carbonyl (C=O) groups excluding carboxylic acids is 1. The van der Waals surface area contributed by atoms with E-state index in [9.17, 15) is 14.4 Å². The fourth-order valence-electron chi connectivity index (χ4n) is 1.38. The monoisotopic (exact) mass is 286 g/mol. The number of nitrogens with two attached hydrogens (primary N) is 1. The third-order valence-corrected chi connectivity index (χ3v) is 3.35. The average molecular weight is 286 g/mol. The van der Waals surface area contributed by atoms with E-state index in [4.69, 9.17) is 15.9 Å². The molecule has 1 amide bonds. The molecule has 0 saturated heterocycles. The average Bonchev–Trinajstić information content (AvgIpc) is 2.86. The van der Waals surface area contributed by atoms with Crippen LogP contribution >= 0.6 is 11.3 Å². The molecule has 7 nitrogen and oxygen atoms in total. The van der Waals surface area contributed by atoms with Crippen LogP contribution in [0.2, 0.25) is 0 Å². The smallest absolute Gasteiger partial charge is 0.326 e. The fourth-order valence-corrected chi connectivity index (χ4v) is 2.11. The summed E-state index contributed by atoms with van der Waals surface area (Å²) < 4.78 is 0. The molecule has 1 heterocycles. The van der Waals surface area contributed by atoms with Gasteiger partial charge >= 0.3 is 11.9 Å². The van der Waals surface area contributed by atoms with Gasteiger partial charge in [-0.1, -0.05) is 6.07 Å². The van der Waals surface area contributed by atoms with Crippen LogP contribution in [-0.4, -0.2) is 34.1 Å². The number of carbonyl (C=O) groups is 3. The minimum Gasteiger partial charge on any atom is -0.481 e. The normalized spacial score (nSPS) is 13.5. The Morgan fingerprint density at radius 3 is 2.53 bits per heavy atom. The number of nitrogens with one attached hydrogen (secondary N) is 1. The highest BCUT2D eigenvalue weighted by Gasteiger charge is 2.24. The molecular weight excluding hydrogens is 272 g/mol. The van der Waals surface area contributed by atoms with Crippen molar-refractivity contribution >= 4 is 29.2 Å². The van der Waals surface area contributed by atoms with Crippen molar-refractivity contribution in [1.82, 2.24) is 5.32 Å². The lowest BCUT2D eigenvalue weighted by Crippen LogP contribution is -2.45. The van der Waals surface area contributed by atoms with E-state index in [2.05, 4.69) is 5.32 Å². The Bertz CT molecular complexity index is 460. The van der Waals surface area contributed by atoms with Gasteiger partial charge in [0.05, 0.1) is 0 Å². The molecule has 2 unspecified atom stereocenters. The van der Waals surface area contributed by atoms with Gasteiger partial charge in [0.25, 0.3) is 0 Å². The molecule has 0 saturated carbocycles. The van der Waals surface area contributed by atoms with Crippen LogP contribution in [-0.2, 0) is 14.4 Å². The highest BCUT2D eigenvalue weighted by molar-refractivity contribution is 7.10. The van der Waals surface area contributed by atoms with Gasteiger partial charge in [-0.2, -0.15) is 0 Å².